The van der Waals surface area contributed by atoms with E-state index in [1.54, 1.807) is 29.2 Å². The fourth-order valence-corrected chi connectivity index (χ4v) is 3.33. The Morgan fingerprint density at radius 2 is 1.95 bits per heavy atom. The molecular weight excluding hydrogens is 284 g/mol. The van der Waals surface area contributed by atoms with E-state index in [1.807, 2.05) is 6.07 Å². The van der Waals surface area contributed by atoms with Gasteiger partial charge in [-0.3, -0.25) is 9.69 Å². The number of amides is 1. The first-order valence-electron chi connectivity index (χ1n) is 7.31. The van der Waals surface area contributed by atoms with Crippen LogP contribution in [0.25, 0.3) is 6.08 Å². The normalized spacial score (nSPS) is 21.9. The van der Waals surface area contributed by atoms with E-state index in [0.29, 0.717) is 16.4 Å². The molecule has 1 aromatic rings. The summed E-state index contributed by atoms with van der Waals surface area (Å²) in [6.07, 6.45) is 7.21. The molecule has 1 heterocycles. The maximum Gasteiger partial charge on any atom is 0.276 e. The lowest BCUT2D eigenvalue weighted by Crippen LogP contribution is -2.41. The first kappa shape index (κ1) is 14.1. The van der Waals surface area contributed by atoms with Crippen LogP contribution in [0.5, 0.6) is 5.75 Å². The highest BCUT2D eigenvalue weighted by molar-refractivity contribution is 7.80. The minimum Gasteiger partial charge on any atom is -0.507 e. The van der Waals surface area contributed by atoms with Crippen molar-refractivity contribution < 1.29 is 9.90 Å². The molecule has 0 unspecified atom stereocenters. The molecule has 0 spiro atoms. The van der Waals surface area contributed by atoms with E-state index in [1.165, 1.54) is 6.42 Å². The molecule has 1 amide bonds. The molecule has 21 heavy (non-hydrogen) atoms. The van der Waals surface area contributed by atoms with E-state index in [4.69, 9.17) is 12.2 Å². The average molecular weight is 302 g/mol. The molecule has 0 atom stereocenters. The highest BCUT2D eigenvalue weighted by Gasteiger charge is 2.36. The van der Waals surface area contributed by atoms with Gasteiger partial charge < -0.3 is 10.4 Å². The molecule has 3 rings (SSSR count). The van der Waals surface area contributed by atoms with E-state index < -0.39 is 0 Å². The van der Waals surface area contributed by atoms with Crippen LogP contribution in [0.15, 0.2) is 30.0 Å². The number of carbonyl (C=O) groups is 1. The van der Waals surface area contributed by atoms with E-state index in [-0.39, 0.29) is 17.7 Å². The average Bonchev–Trinajstić information content (AvgIpc) is 2.77. The Labute approximate surface area is 129 Å². The van der Waals surface area contributed by atoms with Crippen LogP contribution in [0, 0.1) is 0 Å². The number of rotatable bonds is 2. The zero-order chi connectivity index (χ0) is 14.8. The van der Waals surface area contributed by atoms with Crippen molar-refractivity contribution >= 4 is 29.3 Å². The predicted molar refractivity (Wildman–Crippen MR) is 85.5 cm³/mol. The summed E-state index contributed by atoms with van der Waals surface area (Å²) in [5, 5.41) is 13.3. The number of benzene rings is 1. The third-order valence-corrected chi connectivity index (χ3v) is 4.38. The molecule has 1 aliphatic heterocycles. The predicted octanol–water partition coefficient (Wildman–Crippen LogP) is 2.78. The largest absolute Gasteiger partial charge is 0.507 e. The molecule has 4 nitrogen and oxygen atoms in total. The van der Waals surface area contributed by atoms with Gasteiger partial charge in [0.1, 0.15) is 11.4 Å². The summed E-state index contributed by atoms with van der Waals surface area (Å²) in [5.41, 5.74) is 1.05. The van der Waals surface area contributed by atoms with Gasteiger partial charge in [0, 0.05) is 11.6 Å². The minimum atomic E-state index is -0.0878. The fraction of sp³-hybridized carbons (Fsp3) is 0.375. The number of carbonyl (C=O) groups excluding carboxylic acids is 1. The molecule has 1 saturated carbocycles. The molecule has 0 aromatic heterocycles. The minimum absolute atomic E-state index is 0.0878. The lowest BCUT2D eigenvalue weighted by Gasteiger charge is -2.29. The van der Waals surface area contributed by atoms with Gasteiger partial charge in [-0.15, -0.1) is 0 Å². The van der Waals surface area contributed by atoms with Crippen molar-refractivity contribution in [2.45, 2.75) is 38.1 Å². The van der Waals surface area contributed by atoms with E-state index in [2.05, 4.69) is 5.32 Å². The summed E-state index contributed by atoms with van der Waals surface area (Å²) in [4.78, 5) is 14.3. The van der Waals surface area contributed by atoms with Crippen molar-refractivity contribution in [3.63, 3.8) is 0 Å². The Bertz CT molecular complexity index is 606. The van der Waals surface area contributed by atoms with Crippen LogP contribution < -0.4 is 5.32 Å². The van der Waals surface area contributed by atoms with Crippen molar-refractivity contribution in [1.29, 1.82) is 0 Å². The van der Waals surface area contributed by atoms with Crippen molar-refractivity contribution in [3.05, 3.63) is 35.5 Å². The SMILES string of the molecule is O=C1/C(=C/c2ccccc2O)NC(=S)N1C1CCCCC1. The number of phenols is 1. The molecule has 1 aromatic carbocycles. The molecule has 110 valence electrons. The van der Waals surface area contributed by atoms with Crippen LogP contribution >= 0.6 is 12.2 Å². The zero-order valence-electron chi connectivity index (χ0n) is 11.7. The van der Waals surface area contributed by atoms with Crippen LogP contribution in [0.3, 0.4) is 0 Å². The van der Waals surface area contributed by atoms with Gasteiger partial charge in [-0.2, -0.15) is 0 Å². The Hall–Kier alpha value is -1.88. The van der Waals surface area contributed by atoms with E-state index in [9.17, 15) is 9.90 Å². The second-order valence-electron chi connectivity index (χ2n) is 5.51. The van der Waals surface area contributed by atoms with Crippen LogP contribution in [-0.4, -0.2) is 27.1 Å². The van der Waals surface area contributed by atoms with Crippen LogP contribution in [0.2, 0.25) is 0 Å². The highest BCUT2D eigenvalue weighted by Crippen LogP contribution is 2.27. The van der Waals surface area contributed by atoms with Gasteiger partial charge in [0.15, 0.2) is 5.11 Å². The Balaban J connectivity index is 1.84. The number of nitrogens with zero attached hydrogens (tertiary/aromatic N) is 1. The van der Waals surface area contributed by atoms with Crippen molar-refractivity contribution in [3.8, 4) is 5.75 Å². The standard InChI is InChI=1S/C16H18N2O2S/c19-14-9-5-4-6-11(14)10-13-15(20)18(16(21)17-13)12-7-2-1-3-8-12/h4-6,9-10,12,19H,1-3,7-8H2,(H,17,21)/b13-10-. The van der Waals surface area contributed by atoms with Gasteiger partial charge in [0.2, 0.25) is 0 Å². The first-order chi connectivity index (χ1) is 10.2. The molecule has 2 fully saturated rings. The van der Waals surface area contributed by atoms with Gasteiger partial charge in [-0.05, 0) is 37.2 Å². The number of phenolic OH excluding ortho intramolecular Hbond substituents is 1. The lowest BCUT2D eigenvalue weighted by molar-refractivity contribution is -0.124. The maximum atomic E-state index is 12.6. The summed E-state index contributed by atoms with van der Waals surface area (Å²) in [6, 6.07) is 7.15. The molecule has 5 heteroatoms. The van der Waals surface area contributed by atoms with Gasteiger partial charge in [0.05, 0.1) is 0 Å². The number of nitrogens with one attached hydrogen (secondary N) is 1. The number of para-hydroxylation sites is 1. The first-order valence-corrected chi connectivity index (χ1v) is 7.72. The zero-order valence-corrected chi connectivity index (χ0v) is 12.5. The molecule has 2 aliphatic rings. The number of thiocarbonyl (C=S) groups is 1. The van der Waals surface area contributed by atoms with Crippen LogP contribution in [0.4, 0.5) is 0 Å². The van der Waals surface area contributed by atoms with Crippen molar-refractivity contribution in [2.75, 3.05) is 0 Å². The molecule has 0 radical (unpaired) electrons. The molecule has 2 N–H and O–H groups in total. The maximum absolute atomic E-state index is 12.6. The third kappa shape index (κ3) is 2.78. The van der Waals surface area contributed by atoms with Crippen molar-refractivity contribution in [2.24, 2.45) is 0 Å². The Kier molecular flexibility index (Phi) is 3.92. The van der Waals surface area contributed by atoms with Gasteiger partial charge >= 0.3 is 0 Å². The van der Waals surface area contributed by atoms with Gasteiger partial charge in [0.25, 0.3) is 5.91 Å². The lowest BCUT2D eigenvalue weighted by atomic mass is 9.94. The summed E-state index contributed by atoms with van der Waals surface area (Å²) in [5.74, 6) is 0.0665. The molecule has 1 saturated heterocycles. The van der Waals surface area contributed by atoms with Gasteiger partial charge in [-0.25, -0.2) is 0 Å². The van der Waals surface area contributed by atoms with Crippen LogP contribution in [-0.2, 0) is 4.79 Å². The van der Waals surface area contributed by atoms with Crippen LogP contribution in [0.1, 0.15) is 37.7 Å². The molecular formula is C16H18N2O2S. The second kappa shape index (κ2) is 5.85. The summed E-state index contributed by atoms with van der Waals surface area (Å²) >= 11 is 5.32. The summed E-state index contributed by atoms with van der Waals surface area (Å²) in [7, 11) is 0. The summed E-state index contributed by atoms with van der Waals surface area (Å²) in [6.45, 7) is 0. The number of hydrogen-bond donors (Lipinski definition) is 2. The number of hydrogen-bond acceptors (Lipinski definition) is 3. The smallest absolute Gasteiger partial charge is 0.276 e. The van der Waals surface area contributed by atoms with Gasteiger partial charge in [-0.1, -0.05) is 37.5 Å². The van der Waals surface area contributed by atoms with E-state index >= 15 is 0 Å². The van der Waals surface area contributed by atoms with Crippen molar-refractivity contribution in [1.82, 2.24) is 10.2 Å². The fourth-order valence-electron chi connectivity index (χ4n) is 2.98. The Morgan fingerprint density at radius 1 is 1.24 bits per heavy atom. The second-order valence-corrected chi connectivity index (χ2v) is 5.90. The molecule has 0 bridgehead atoms. The third-order valence-electron chi connectivity index (χ3n) is 4.09. The topological polar surface area (TPSA) is 52.6 Å². The Morgan fingerprint density at radius 3 is 2.67 bits per heavy atom. The monoisotopic (exact) mass is 302 g/mol. The quantitative estimate of drug-likeness (QED) is 0.651. The summed E-state index contributed by atoms with van der Waals surface area (Å²) < 4.78 is 0. The molecule has 1 aliphatic carbocycles. The highest BCUT2D eigenvalue weighted by atomic mass is 32.1. The van der Waals surface area contributed by atoms with E-state index in [0.717, 1.165) is 25.7 Å². The number of aromatic hydroxyl groups is 1.